The lowest BCUT2D eigenvalue weighted by molar-refractivity contribution is -0.154. The normalized spacial score (nSPS) is 20.6. The van der Waals surface area contributed by atoms with E-state index in [4.69, 9.17) is 14.2 Å². The van der Waals surface area contributed by atoms with E-state index in [-0.39, 0.29) is 24.1 Å². The molecular weight excluding hydrogens is 540 g/mol. The van der Waals surface area contributed by atoms with E-state index in [1.54, 1.807) is 49.2 Å². The number of hydrogen-bond acceptors (Lipinski definition) is 7. The molecule has 42 heavy (non-hydrogen) atoms. The first-order valence-corrected chi connectivity index (χ1v) is 14.8. The standard InChI is InChI=1S/C31H48N4O7/c1-21(2)35(23-13-12-16-33(20-23)29(39)42-30(3,4)5)26(36)22-14-15-25-24(19-22)34(17-10-11-18-40-9)28(38)31(6,41-25)27(37)32(7)8/h14-15,19,21,23H,10-13,16-18,20H2,1-9H3/t23-,31?/m1/s1. The molecule has 1 aromatic carbocycles. The molecule has 1 aromatic rings. The van der Waals surface area contributed by atoms with Crippen molar-refractivity contribution in [1.29, 1.82) is 0 Å². The summed E-state index contributed by atoms with van der Waals surface area (Å²) in [4.78, 5) is 60.1. The number of nitrogens with zero attached hydrogens (tertiary/aromatic N) is 4. The van der Waals surface area contributed by atoms with Crippen molar-refractivity contribution in [1.82, 2.24) is 14.7 Å². The third-order valence-electron chi connectivity index (χ3n) is 7.49. The molecule has 2 aliphatic heterocycles. The van der Waals surface area contributed by atoms with Crippen LogP contribution >= 0.6 is 0 Å². The molecule has 1 saturated heterocycles. The quantitative estimate of drug-likeness (QED) is 0.318. The highest BCUT2D eigenvalue weighted by molar-refractivity contribution is 6.16. The van der Waals surface area contributed by atoms with E-state index in [0.717, 1.165) is 19.3 Å². The van der Waals surface area contributed by atoms with Gasteiger partial charge in [0.1, 0.15) is 11.4 Å². The molecule has 1 unspecified atom stereocenters. The fourth-order valence-corrected chi connectivity index (χ4v) is 5.52. The zero-order valence-electron chi connectivity index (χ0n) is 26.7. The van der Waals surface area contributed by atoms with E-state index >= 15 is 0 Å². The maximum atomic E-state index is 14.1. The number of carbonyl (C=O) groups is 4. The van der Waals surface area contributed by atoms with Gasteiger partial charge in [0, 0.05) is 59.1 Å². The van der Waals surface area contributed by atoms with Crippen LogP contribution in [-0.4, -0.2) is 109 Å². The Balaban J connectivity index is 1.93. The van der Waals surface area contributed by atoms with Gasteiger partial charge in [0.15, 0.2) is 0 Å². The monoisotopic (exact) mass is 588 g/mol. The fourth-order valence-electron chi connectivity index (χ4n) is 5.52. The first-order valence-electron chi connectivity index (χ1n) is 14.8. The third kappa shape index (κ3) is 7.35. The average molecular weight is 589 g/mol. The summed E-state index contributed by atoms with van der Waals surface area (Å²) in [5, 5.41) is 0. The first-order chi connectivity index (χ1) is 19.6. The highest BCUT2D eigenvalue weighted by Crippen LogP contribution is 2.40. The van der Waals surface area contributed by atoms with Crippen LogP contribution in [0.25, 0.3) is 0 Å². The van der Waals surface area contributed by atoms with Gasteiger partial charge in [-0.25, -0.2) is 4.79 Å². The van der Waals surface area contributed by atoms with E-state index < -0.39 is 23.0 Å². The van der Waals surface area contributed by atoms with Crippen LogP contribution in [0.1, 0.15) is 77.6 Å². The summed E-state index contributed by atoms with van der Waals surface area (Å²) in [7, 11) is 4.79. The Hall–Kier alpha value is -3.34. The predicted molar refractivity (Wildman–Crippen MR) is 160 cm³/mol. The first kappa shape index (κ1) is 33.2. The molecule has 2 atom stereocenters. The topological polar surface area (TPSA) is 109 Å². The summed E-state index contributed by atoms with van der Waals surface area (Å²) >= 11 is 0. The predicted octanol–water partition coefficient (Wildman–Crippen LogP) is 3.94. The molecule has 11 nitrogen and oxygen atoms in total. The maximum Gasteiger partial charge on any atom is 0.410 e. The van der Waals surface area contributed by atoms with E-state index in [1.165, 1.54) is 11.8 Å². The molecular formula is C31H48N4O7. The third-order valence-corrected chi connectivity index (χ3v) is 7.49. The number of benzene rings is 1. The molecule has 0 aliphatic carbocycles. The van der Waals surface area contributed by atoms with Gasteiger partial charge in [-0.05, 0) is 85.4 Å². The number of rotatable bonds is 9. The minimum absolute atomic E-state index is 0.138. The molecule has 11 heteroatoms. The van der Waals surface area contributed by atoms with Crippen LogP contribution in [0.15, 0.2) is 18.2 Å². The molecule has 0 aromatic heterocycles. The van der Waals surface area contributed by atoms with Gasteiger partial charge in [-0.2, -0.15) is 0 Å². The fraction of sp³-hybridized carbons (Fsp3) is 0.677. The molecule has 0 N–H and O–H groups in total. The Bertz CT molecular complexity index is 1160. The van der Waals surface area contributed by atoms with Gasteiger partial charge in [-0.15, -0.1) is 0 Å². The minimum Gasteiger partial charge on any atom is -0.465 e. The van der Waals surface area contributed by atoms with Gasteiger partial charge in [0.25, 0.3) is 23.3 Å². The molecule has 1 fully saturated rings. The Morgan fingerprint density at radius 1 is 1.17 bits per heavy atom. The zero-order valence-corrected chi connectivity index (χ0v) is 26.7. The van der Waals surface area contributed by atoms with E-state index in [9.17, 15) is 19.2 Å². The number of anilines is 1. The van der Waals surface area contributed by atoms with Crippen molar-refractivity contribution in [3.05, 3.63) is 23.8 Å². The number of methoxy groups -OCH3 is 1. The lowest BCUT2D eigenvalue weighted by Gasteiger charge is -2.42. The SMILES string of the molecule is COCCCCN1C(=O)C(C)(C(=O)N(C)C)Oc2ccc(C(=O)N(C(C)C)[C@@H]3CCCN(C(=O)OC(C)(C)C)C3)cc21. The van der Waals surface area contributed by atoms with Crippen LogP contribution in [0.2, 0.25) is 0 Å². The number of unbranched alkanes of at least 4 members (excludes halogenated alkanes) is 1. The Labute approximate surface area is 250 Å². The van der Waals surface area contributed by atoms with Crippen LogP contribution in [0.5, 0.6) is 5.75 Å². The van der Waals surface area contributed by atoms with Crippen molar-refractivity contribution in [3.8, 4) is 5.75 Å². The summed E-state index contributed by atoms with van der Waals surface area (Å²) in [6.45, 7) is 12.7. The number of ether oxygens (including phenoxy) is 3. The molecule has 234 valence electrons. The van der Waals surface area contributed by atoms with Crippen LogP contribution in [0.4, 0.5) is 10.5 Å². The lowest BCUT2D eigenvalue weighted by atomic mass is 9.97. The van der Waals surface area contributed by atoms with Crippen molar-refractivity contribution in [3.63, 3.8) is 0 Å². The van der Waals surface area contributed by atoms with Crippen LogP contribution in [-0.2, 0) is 19.1 Å². The number of amides is 4. The molecule has 0 radical (unpaired) electrons. The van der Waals surface area contributed by atoms with E-state index in [0.29, 0.717) is 49.7 Å². The average Bonchev–Trinajstić information content (AvgIpc) is 2.91. The highest BCUT2D eigenvalue weighted by atomic mass is 16.6. The van der Waals surface area contributed by atoms with Crippen LogP contribution < -0.4 is 9.64 Å². The number of piperidine rings is 1. The number of fused-ring (bicyclic) bond motifs is 1. The molecule has 2 aliphatic rings. The lowest BCUT2D eigenvalue weighted by Crippen LogP contribution is -2.62. The van der Waals surface area contributed by atoms with Gasteiger partial charge < -0.3 is 33.8 Å². The Kier molecular flexibility index (Phi) is 10.5. The smallest absolute Gasteiger partial charge is 0.410 e. The molecule has 0 bridgehead atoms. The molecule has 2 heterocycles. The number of likely N-dealkylation sites (N-methyl/N-ethyl adjacent to an activating group) is 1. The second-order valence-corrected chi connectivity index (χ2v) is 12.7. The summed E-state index contributed by atoms with van der Waals surface area (Å²) in [5.41, 5.74) is -1.48. The Morgan fingerprint density at radius 3 is 2.45 bits per heavy atom. The molecule has 0 saturated carbocycles. The summed E-state index contributed by atoms with van der Waals surface area (Å²) in [5.74, 6) is -0.775. The van der Waals surface area contributed by atoms with Crippen molar-refractivity contribution in [2.75, 3.05) is 52.3 Å². The highest BCUT2D eigenvalue weighted by Gasteiger charge is 2.51. The Morgan fingerprint density at radius 2 is 1.86 bits per heavy atom. The molecule has 4 amide bonds. The zero-order chi connectivity index (χ0) is 31.4. The van der Waals surface area contributed by atoms with Gasteiger partial charge in [-0.3, -0.25) is 14.4 Å². The number of likely N-dealkylation sites (tertiary alicyclic amines) is 1. The summed E-state index contributed by atoms with van der Waals surface area (Å²) in [6, 6.07) is 4.67. The second kappa shape index (κ2) is 13.3. The van der Waals surface area contributed by atoms with Crippen LogP contribution in [0, 0.1) is 0 Å². The van der Waals surface area contributed by atoms with Gasteiger partial charge >= 0.3 is 6.09 Å². The van der Waals surface area contributed by atoms with Crippen molar-refractivity contribution >= 4 is 29.5 Å². The number of carbonyl (C=O) groups excluding carboxylic acids is 4. The maximum absolute atomic E-state index is 14.1. The van der Waals surface area contributed by atoms with Gasteiger partial charge in [-0.1, -0.05) is 0 Å². The van der Waals surface area contributed by atoms with E-state index in [1.807, 2.05) is 39.5 Å². The van der Waals surface area contributed by atoms with Crippen LogP contribution in [0.3, 0.4) is 0 Å². The van der Waals surface area contributed by atoms with Crippen molar-refractivity contribution in [2.45, 2.75) is 90.5 Å². The largest absolute Gasteiger partial charge is 0.465 e. The molecule has 0 spiro atoms. The summed E-state index contributed by atoms with van der Waals surface area (Å²) in [6.07, 6.45) is 2.49. The van der Waals surface area contributed by atoms with Gasteiger partial charge in [0.2, 0.25) is 0 Å². The summed E-state index contributed by atoms with van der Waals surface area (Å²) < 4.78 is 16.8. The van der Waals surface area contributed by atoms with Crippen molar-refractivity contribution in [2.24, 2.45) is 0 Å². The second-order valence-electron chi connectivity index (χ2n) is 12.7. The molecule has 3 rings (SSSR count). The number of hydrogen-bond donors (Lipinski definition) is 0. The van der Waals surface area contributed by atoms with Crippen molar-refractivity contribution < 1.29 is 33.4 Å². The minimum atomic E-state index is -1.72. The van der Waals surface area contributed by atoms with E-state index in [2.05, 4.69) is 0 Å². The van der Waals surface area contributed by atoms with Gasteiger partial charge in [0.05, 0.1) is 11.7 Å².